The third-order valence-corrected chi connectivity index (χ3v) is 2.73. The van der Waals surface area contributed by atoms with Gasteiger partial charge in [-0.15, -0.1) is 0 Å². The van der Waals surface area contributed by atoms with Crippen LogP contribution in [0.5, 0.6) is 0 Å². The highest BCUT2D eigenvalue weighted by Gasteiger charge is 2.20. The van der Waals surface area contributed by atoms with Gasteiger partial charge in [0.1, 0.15) is 11.9 Å². The van der Waals surface area contributed by atoms with Crippen LogP contribution in [0, 0.1) is 5.82 Å². The topological polar surface area (TPSA) is 85.2 Å². The average Bonchev–Trinajstić information content (AvgIpc) is 2.77. The lowest BCUT2D eigenvalue weighted by Gasteiger charge is -2.08. The van der Waals surface area contributed by atoms with Crippen molar-refractivity contribution in [3.8, 4) is 11.4 Å². The highest BCUT2D eigenvalue weighted by Crippen LogP contribution is 2.27. The molecule has 2 rings (SSSR count). The zero-order valence-corrected chi connectivity index (χ0v) is 10.2. The van der Waals surface area contributed by atoms with Gasteiger partial charge in [0, 0.05) is 5.56 Å². The second-order valence-electron chi connectivity index (χ2n) is 3.85. The molecule has 0 spiro atoms. The van der Waals surface area contributed by atoms with Crippen LogP contribution in [0.1, 0.15) is 18.9 Å². The maximum Gasteiger partial charge on any atom is 0.246 e. The van der Waals surface area contributed by atoms with Crippen molar-refractivity contribution in [1.82, 2.24) is 10.1 Å². The van der Waals surface area contributed by atoms with Crippen LogP contribution in [0.2, 0.25) is 5.02 Å². The van der Waals surface area contributed by atoms with Gasteiger partial charge in [-0.05, 0) is 25.1 Å². The predicted octanol–water partition coefficient (Wildman–Crippen LogP) is 1.91. The normalized spacial score (nSPS) is 14.5. The van der Waals surface area contributed by atoms with E-state index in [1.54, 1.807) is 0 Å². The van der Waals surface area contributed by atoms with Crippen molar-refractivity contribution in [1.29, 1.82) is 0 Å². The van der Waals surface area contributed by atoms with E-state index >= 15 is 0 Å². The van der Waals surface area contributed by atoms with E-state index in [1.165, 1.54) is 19.1 Å². The molecule has 0 aliphatic rings. The molecule has 0 fully saturated rings. The molecule has 2 atom stereocenters. The number of halogens is 2. The quantitative estimate of drug-likeness (QED) is 0.891. The van der Waals surface area contributed by atoms with E-state index in [0.29, 0.717) is 5.56 Å². The van der Waals surface area contributed by atoms with Crippen molar-refractivity contribution in [3.05, 3.63) is 34.9 Å². The molecule has 0 aliphatic heterocycles. The number of nitrogens with two attached hydrogens (primary N) is 1. The molecule has 1 heterocycles. The molecule has 3 N–H and O–H groups in total. The van der Waals surface area contributed by atoms with E-state index < -0.39 is 18.0 Å². The Balaban J connectivity index is 2.35. The van der Waals surface area contributed by atoms with Crippen molar-refractivity contribution in [3.63, 3.8) is 0 Å². The summed E-state index contributed by atoms with van der Waals surface area (Å²) in [6.07, 6.45) is -0.818. The van der Waals surface area contributed by atoms with Gasteiger partial charge in [0.25, 0.3) is 0 Å². The van der Waals surface area contributed by atoms with Crippen LogP contribution in [-0.2, 0) is 0 Å². The second-order valence-corrected chi connectivity index (χ2v) is 4.25. The van der Waals surface area contributed by atoms with Crippen molar-refractivity contribution >= 4 is 11.6 Å². The Morgan fingerprint density at radius 2 is 2.22 bits per heavy atom. The second kappa shape index (κ2) is 5.01. The number of nitrogens with zero attached hydrogens (tertiary/aromatic N) is 2. The number of rotatable bonds is 3. The van der Waals surface area contributed by atoms with Gasteiger partial charge < -0.3 is 15.4 Å². The summed E-state index contributed by atoms with van der Waals surface area (Å²) in [5.41, 5.74) is 6.09. The molecule has 7 heteroatoms. The third-order valence-electron chi connectivity index (χ3n) is 2.42. The van der Waals surface area contributed by atoms with Gasteiger partial charge in [0.15, 0.2) is 0 Å². The third kappa shape index (κ3) is 2.50. The molecule has 0 amide bonds. The molecule has 2 aromatic rings. The Bertz CT molecular complexity index is 559. The maximum absolute atomic E-state index is 12.9. The highest BCUT2D eigenvalue weighted by atomic mass is 35.5. The monoisotopic (exact) mass is 271 g/mol. The molecule has 0 radical (unpaired) electrons. The van der Waals surface area contributed by atoms with E-state index in [9.17, 15) is 9.50 Å². The first-order chi connectivity index (χ1) is 8.49. The number of aromatic nitrogens is 2. The van der Waals surface area contributed by atoms with Gasteiger partial charge in [-0.1, -0.05) is 16.8 Å². The molecule has 0 aliphatic carbocycles. The van der Waals surface area contributed by atoms with E-state index in [-0.39, 0.29) is 16.7 Å². The van der Waals surface area contributed by atoms with Crippen molar-refractivity contribution in [2.45, 2.75) is 19.1 Å². The minimum absolute atomic E-state index is 0.0976. The molecule has 5 nitrogen and oxygen atoms in total. The van der Waals surface area contributed by atoms with Crippen LogP contribution in [-0.4, -0.2) is 21.4 Å². The van der Waals surface area contributed by atoms with Gasteiger partial charge in [-0.2, -0.15) is 4.98 Å². The average molecular weight is 272 g/mol. The van der Waals surface area contributed by atoms with Gasteiger partial charge in [0.2, 0.25) is 11.7 Å². The van der Waals surface area contributed by atoms with Crippen LogP contribution in [0.25, 0.3) is 11.4 Å². The van der Waals surface area contributed by atoms with Crippen LogP contribution in [0.3, 0.4) is 0 Å². The number of aliphatic hydroxyl groups excluding tert-OH is 1. The van der Waals surface area contributed by atoms with Crippen LogP contribution in [0.4, 0.5) is 4.39 Å². The van der Waals surface area contributed by atoms with Gasteiger partial charge in [-0.25, -0.2) is 4.39 Å². The van der Waals surface area contributed by atoms with Crippen LogP contribution >= 0.6 is 11.6 Å². The standard InChI is InChI=1S/C11H11ClFN3O2/c1-5(17)9(14)11-15-10(16-18-11)7-3-2-6(13)4-8(7)12/h2-5,9,17H,14H2,1H3. The molecule has 1 aromatic heterocycles. The first-order valence-electron chi connectivity index (χ1n) is 5.21. The van der Waals surface area contributed by atoms with Crippen molar-refractivity contribution in [2.24, 2.45) is 5.73 Å². The summed E-state index contributed by atoms with van der Waals surface area (Å²) in [5, 5.41) is 13.2. The molecule has 0 saturated carbocycles. The number of aliphatic hydroxyl groups is 1. The molecule has 2 unspecified atom stereocenters. The summed E-state index contributed by atoms with van der Waals surface area (Å²) in [6, 6.07) is 3.07. The summed E-state index contributed by atoms with van der Waals surface area (Å²) < 4.78 is 17.8. The summed E-state index contributed by atoms with van der Waals surface area (Å²) in [4.78, 5) is 4.02. The zero-order chi connectivity index (χ0) is 13.3. The van der Waals surface area contributed by atoms with Crippen molar-refractivity contribution < 1.29 is 14.0 Å². The van der Waals surface area contributed by atoms with Crippen molar-refractivity contribution in [2.75, 3.05) is 0 Å². The molecule has 0 bridgehead atoms. The lowest BCUT2D eigenvalue weighted by Crippen LogP contribution is -2.23. The molecule has 96 valence electrons. The highest BCUT2D eigenvalue weighted by molar-refractivity contribution is 6.33. The summed E-state index contributed by atoms with van der Waals surface area (Å²) in [6.45, 7) is 1.51. The molecular formula is C11H11ClFN3O2. The molecule has 18 heavy (non-hydrogen) atoms. The summed E-state index contributed by atoms with van der Waals surface area (Å²) in [7, 11) is 0. The van der Waals surface area contributed by atoms with Gasteiger partial charge in [0.05, 0.1) is 11.1 Å². The number of hydrogen-bond donors (Lipinski definition) is 2. The summed E-state index contributed by atoms with van der Waals surface area (Å²) >= 11 is 5.87. The molecule has 0 saturated heterocycles. The lowest BCUT2D eigenvalue weighted by atomic mass is 10.2. The lowest BCUT2D eigenvalue weighted by molar-refractivity contribution is 0.146. The fourth-order valence-electron chi connectivity index (χ4n) is 1.36. The SMILES string of the molecule is CC(O)C(N)c1nc(-c2ccc(F)cc2Cl)no1. The molecular weight excluding hydrogens is 261 g/mol. The van der Waals surface area contributed by atoms with E-state index in [2.05, 4.69) is 10.1 Å². The minimum atomic E-state index is -0.818. The number of benzene rings is 1. The first-order valence-corrected chi connectivity index (χ1v) is 5.59. The zero-order valence-electron chi connectivity index (χ0n) is 9.47. The smallest absolute Gasteiger partial charge is 0.246 e. The molecule has 1 aromatic carbocycles. The largest absolute Gasteiger partial charge is 0.391 e. The predicted molar refractivity (Wildman–Crippen MR) is 63.3 cm³/mol. The Morgan fingerprint density at radius 1 is 1.50 bits per heavy atom. The Hall–Kier alpha value is -1.50. The number of hydrogen-bond acceptors (Lipinski definition) is 5. The Morgan fingerprint density at radius 3 is 2.83 bits per heavy atom. The Kier molecular flexibility index (Phi) is 3.60. The van der Waals surface area contributed by atoms with Gasteiger partial charge in [-0.3, -0.25) is 0 Å². The fourth-order valence-corrected chi connectivity index (χ4v) is 1.61. The minimum Gasteiger partial charge on any atom is -0.391 e. The van der Waals surface area contributed by atoms with E-state index in [1.807, 2.05) is 0 Å². The van der Waals surface area contributed by atoms with Crippen LogP contribution < -0.4 is 5.73 Å². The summed E-state index contributed by atoms with van der Waals surface area (Å²) in [5.74, 6) is -0.153. The fraction of sp³-hybridized carbons (Fsp3) is 0.273. The van der Waals surface area contributed by atoms with Crippen LogP contribution in [0.15, 0.2) is 22.7 Å². The van der Waals surface area contributed by atoms with E-state index in [4.69, 9.17) is 21.9 Å². The Labute approximate surface area is 107 Å². The maximum atomic E-state index is 12.9. The van der Waals surface area contributed by atoms with E-state index in [0.717, 1.165) is 6.07 Å². The first kappa shape index (κ1) is 12.9. The van der Waals surface area contributed by atoms with Gasteiger partial charge >= 0.3 is 0 Å².